The highest BCUT2D eigenvalue weighted by molar-refractivity contribution is 5.70. The number of carbonyl (C=O) groups is 1. The molecule has 1 N–H and O–H groups in total. The zero-order chi connectivity index (χ0) is 10.3. The third kappa shape index (κ3) is 1.41. The molecule has 0 saturated heterocycles. The predicted octanol–water partition coefficient (Wildman–Crippen LogP) is 1.40. The molecule has 2 rings (SSSR count). The lowest BCUT2D eigenvalue weighted by atomic mass is 9.92. The van der Waals surface area contributed by atoms with Crippen LogP contribution in [0, 0.1) is 12.8 Å². The Kier molecular flexibility index (Phi) is 2.06. The third-order valence-electron chi connectivity index (χ3n) is 2.77. The van der Waals surface area contributed by atoms with Gasteiger partial charge in [0, 0.05) is 18.7 Å². The van der Waals surface area contributed by atoms with E-state index in [1.807, 2.05) is 24.6 Å². The predicted molar refractivity (Wildman–Crippen MR) is 51.1 cm³/mol. The molecule has 2 unspecified atom stereocenters. The molecule has 0 amide bonds. The van der Waals surface area contributed by atoms with Gasteiger partial charge in [0.2, 0.25) is 0 Å². The minimum absolute atomic E-state index is 0.249. The quantitative estimate of drug-likeness (QED) is 0.735. The van der Waals surface area contributed by atoms with E-state index in [4.69, 9.17) is 5.11 Å². The Bertz CT molecular complexity index is 370. The van der Waals surface area contributed by atoms with E-state index in [1.54, 1.807) is 0 Å². The molecular weight excluding hydrogens is 180 g/mol. The van der Waals surface area contributed by atoms with Gasteiger partial charge in [-0.15, -0.1) is 0 Å². The summed E-state index contributed by atoms with van der Waals surface area (Å²) in [5, 5.41) is 8.95. The molecule has 14 heavy (non-hydrogen) atoms. The fourth-order valence-electron chi connectivity index (χ4n) is 2.13. The first-order valence-corrected chi connectivity index (χ1v) is 4.84. The van der Waals surface area contributed by atoms with Crippen molar-refractivity contribution in [3.63, 3.8) is 0 Å². The molecular formula is C10H14N2O2. The van der Waals surface area contributed by atoms with E-state index in [1.165, 1.54) is 0 Å². The van der Waals surface area contributed by atoms with Crippen molar-refractivity contribution in [2.45, 2.75) is 32.7 Å². The number of rotatable bonds is 1. The zero-order valence-corrected chi connectivity index (χ0v) is 8.40. The highest BCUT2D eigenvalue weighted by atomic mass is 16.4. The number of carboxylic acids is 1. The molecule has 1 aromatic heterocycles. The summed E-state index contributed by atoms with van der Waals surface area (Å²) in [6, 6.07) is 0. The number of hydrogen-bond acceptors (Lipinski definition) is 2. The molecule has 2 atom stereocenters. The molecule has 2 heterocycles. The van der Waals surface area contributed by atoms with Gasteiger partial charge in [-0.3, -0.25) is 4.79 Å². The second-order valence-corrected chi connectivity index (χ2v) is 4.06. The number of hydrogen-bond donors (Lipinski definition) is 1. The van der Waals surface area contributed by atoms with Crippen molar-refractivity contribution < 1.29 is 9.90 Å². The van der Waals surface area contributed by atoms with Crippen LogP contribution in [-0.4, -0.2) is 20.6 Å². The van der Waals surface area contributed by atoms with Crippen LogP contribution < -0.4 is 0 Å². The highest BCUT2D eigenvalue weighted by Crippen LogP contribution is 2.29. The van der Waals surface area contributed by atoms with E-state index in [0.29, 0.717) is 13.0 Å². The summed E-state index contributed by atoms with van der Waals surface area (Å²) in [5.74, 6) is 0.318. The van der Waals surface area contributed by atoms with Crippen molar-refractivity contribution >= 4 is 5.97 Å². The molecule has 4 heteroatoms. The van der Waals surface area contributed by atoms with E-state index in [-0.39, 0.29) is 11.8 Å². The molecule has 4 nitrogen and oxygen atoms in total. The van der Waals surface area contributed by atoms with Crippen LogP contribution in [0.2, 0.25) is 0 Å². The Morgan fingerprint density at radius 1 is 1.71 bits per heavy atom. The lowest BCUT2D eigenvalue weighted by Gasteiger charge is -2.25. The number of fused-ring (bicyclic) bond motifs is 1. The number of aryl methyl sites for hydroxylation is 1. The molecule has 0 spiro atoms. The maximum absolute atomic E-state index is 10.9. The van der Waals surface area contributed by atoms with Crippen LogP contribution in [0.5, 0.6) is 0 Å². The maximum atomic E-state index is 10.9. The summed E-state index contributed by atoms with van der Waals surface area (Å²) in [6.45, 7) is 4.54. The summed E-state index contributed by atoms with van der Waals surface area (Å²) in [7, 11) is 0. The van der Waals surface area contributed by atoms with Crippen LogP contribution in [0.15, 0.2) is 6.20 Å². The van der Waals surface area contributed by atoms with Gasteiger partial charge in [-0.1, -0.05) is 6.92 Å². The van der Waals surface area contributed by atoms with Crippen LogP contribution in [0.25, 0.3) is 0 Å². The van der Waals surface area contributed by atoms with Gasteiger partial charge in [0.25, 0.3) is 0 Å². The van der Waals surface area contributed by atoms with Crippen LogP contribution in [-0.2, 0) is 11.3 Å². The van der Waals surface area contributed by atoms with E-state index in [2.05, 4.69) is 4.98 Å². The van der Waals surface area contributed by atoms with Crippen LogP contribution in [0.3, 0.4) is 0 Å². The van der Waals surface area contributed by atoms with Crippen molar-refractivity contribution in [3.05, 3.63) is 17.7 Å². The summed E-state index contributed by atoms with van der Waals surface area (Å²) < 4.78 is 1.97. The topological polar surface area (TPSA) is 55.1 Å². The summed E-state index contributed by atoms with van der Waals surface area (Å²) in [5.41, 5.74) is 0.970. The fourth-order valence-corrected chi connectivity index (χ4v) is 2.13. The van der Waals surface area contributed by atoms with Crippen LogP contribution in [0.1, 0.15) is 30.8 Å². The Hall–Kier alpha value is -1.32. The van der Waals surface area contributed by atoms with E-state index < -0.39 is 5.97 Å². The van der Waals surface area contributed by atoms with E-state index >= 15 is 0 Å². The van der Waals surface area contributed by atoms with Gasteiger partial charge >= 0.3 is 5.97 Å². The molecule has 0 radical (unpaired) electrons. The van der Waals surface area contributed by atoms with Gasteiger partial charge < -0.3 is 9.67 Å². The average Bonchev–Trinajstić information content (AvgIpc) is 2.45. The first-order chi connectivity index (χ1) is 6.58. The van der Waals surface area contributed by atoms with Gasteiger partial charge in [0.15, 0.2) is 0 Å². The molecule has 1 aliphatic heterocycles. The summed E-state index contributed by atoms with van der Waals surface area (Å²) >= 11 is 0. The van der Waals surface area contributed by atoms with E-state index in [0.717, 1.165) is 11.5 Å². The lowest BCUT2D eigenvalue weighted by molar-refractivity contribution is -0.143. The first-order valence-electron chi connectivity index (χ1n) is 4.84. The molecule has 0 aliphatic carbocycles. The minimum Gasteiger partial charge on any atom is -0.481 e. The molecule has 0 aromatic carbocycles. The largest absolute Gasteiger partial charge is 0.481 e. The number of nitrogens with zero attached hydrogens (tertiary/aromatic N) is 2. The van der Waals surface area contributed by atoms with Crippen molar-refractivity contribution in [1.29, 1.82) is 0 Å². The summed E-state index contributed by atoms with van der Waals surface area (Å²) in [6.07, 6.45) is 2.63. The van der Waals surface area contributed by atoms with Crippen molar-refractivity contribution in [2.24, 2.45) is 5.92 Å². The number of aliphatic carboxylic acids is 1. The first kappa shape index (κ1) is 9.24. The number of carboxylic acid groups (broad SMARTS) is 1. The van der Waals surface area contributed by atoms with E-state index in [9.17, 15) is 4.79 Å². The maximum Gasteiger partial charge on any atom is 0.308 e. The Labute approximate surface area is 82.6 Å². The van der Waals surface area contributed by atoms with Crippen LogP contribution >= 0.6 is 0 Å². The molecule has 1 aliphatic rings. The zero-order valence-electron chi connectivity index (χ0n) is 8.40. The Morgan fingerprint density at radius 2 is 2.43 bits per heavy atom. The van der Waals surface area contributed by atoms with Gasteiger partial charge in [0.05, 0.1) is 11.6 Å². The second-order valence-electron chi connectivity index (χ2n) is 4.06. The lowest BCUT2D eigenvalue weighted by Crippen LogP contribution is -2.28. The van der Waals surface area contributed by atoms with Crippen molar-refractivity contribution in [3.8, 4) is 0 Å². The molecule has 0 bridgehead atoms. The molecule has 0 saturated carbocycles. The average molecular weight is 194 g/mol. The van der Waals surface area contributed by atoms with Crippen molar-refractivity contribution in [2.75, 3.05) is 0 Å². The van der Waals surface area contributed by atoms with Gasteiger partial charge in [-0.2, -0.15) is 0 Å². The number of aromatic nitrogens is 2. The fraction of sp³-hybridized carbons (Fsp3) is 0.600. The Morgan fingerprint density at radius 3 is 3.07 bits per heavy atom. The monoisotopic (exact) mass is 194 g/mol. The molecule has 0 fully saturated rings. The summed E-state index contributed by atoms with van der Waals surface area (Å²) in [4.78, 5) is 15.3. The normalized spacial score (nSPS) is 25.9. The standard InChI is InChI=1S/C10H14N2O2/c1-6-3-8(10(13)14)5-12-4-7(2)11-9(6)12/h4,6,8H,3,5H2,1-2H3,(H,13,14). The third-order valence-corrected chi connectivity index (χ3v) is 2.77. The minimum atomic E-state index is -0.700. The Balaban J connectivity index is 2.32. The smallest absolute Gasteiger partial charge is 0.308 e. The SMILES string of the molecule is Cc1cn2c(n1)C(C)CC(C(=O)O)C2. The second kappa shape index (κ2) is 3.12. The van der Waals surface area contributed by atoms with Crippen LogP contribution in [0.4, 0.5) is 0 Å². The van der Waals surface area contributed by atoms with Gasteiger partial charge in [-0.25, -0.2) is 4.98 Å². The van der Waals surface area contributed by atoms with Crippen molar-refractivity contribution in [1.82, 2.24) is 9.55 Å². The highest BCUT2D eigenvalue weighted by Gasteiger charge is 2.29. The van der Waals surface area contributed by atoms with Gasteiger partial charge in [0.1, 0.15) is 5.82 Å². The molecule has 1 aromatic rings. The number of imidazole rings is 1. The molecule has 76 valence electrons. The van der Waals surface area contributed by atoms with Gasteiger partial charge in [-0.05, 0) is 13.3 Å².